The molecule has 0 N–H and O–H groups in total. The lowest BCUT2D eigenvalue weighted by Gasteiger charge is -2.18. The van der Waals surface area contributed by atoms with Gasteiger partial charge in [-0.1, -0.05) is 104 Å². The number of rotatable bonds is 6. The molecule has 0 saturated carbocycles. The first-order chi connectivity index (χ1) is 13.6. The van der Waals surface area contributed by atoms with Gasteiger partial charge in [-0.2, -0.15) is 0 Å². The van der Waals surface area contributed by atoms with Gasteiger partial charge in [-0.25, -0.2) is 4.79 Å². The molecule has 0 aliphatic carbocycles. The van der Waals surface area contributed by atoms with Gasteiger partial charge in [0.1, 0.15) is 0 Å². The Morgan fingerprint density at radius 3 is 1.64 bits per heavy atom. The largest absolute Gasteiger partial charge is 0.365 e. The van der Waals surface area contributed by atoms with E-state index < -0.39 is 11.4 Å². The molecule has 3 aromatic rings. The maximum absolute atomic E-state index is 12.0. The minimum absolute atomic E-state index is 0.419. The van der Waals surface area contributed by atoms with Gasteiger partial charge < -0.3 is 4.84 Å². The van der Waals surface area contributed by atoms with Gasteiger partial charge in [0.15, 0.2) is 0 Å². The normalized spacial score (nSPS) is 11.2. The second-order valence-corrected chi connectivity index (χ2v) is 7.09. The van der Waals surface area contributed by atoms with Gasteiger partial charge in [-0.3, -0.25) is 0 Å². The highest BCUT2D eigenvalue weighted by molar-refractivity contribution is 5.89. The van der Waals surface area contributed by atoms with Crippen molar-refractivity contribution in [1.82, 2.24) is 0 Å². The van der Waals surface area contributed by atoms with E-state index in [1.807, 2.05) is 56.3 Å². The van der Waals surface area contributed by atoms with Crippen molar-refractivity contribution in [2.45, 2.75) is 13.8 Å². The molecule has 0 aliphatic heterocycles. The van der Waals surface area contributed by atoms with Crippen molar-refractivity contribution in [2.24, 2.45) is 10.6 Å². The highest BCUT2D eigenvalue weighted by Gasteiger charge is 2.16. The number of nitrogens with zero attached hydrogens (tertiary/aromatic N) is 1. The molecular weight excluding hydrogens is 346 g/mol. The zero-order valence-electron chi connectivity index (χ0n) is 16.1. The third-order valence-corrected chi connectivity index (χ3v) is 4.22. The van der Waals surface area contributed by atoms with Crippen molar-refractivity contribution in [2.75, 3.05) is 0 Å². The van der Waals surface area contributed by atoms with Gasteiger partial charge in [0.2, 0.25) is 0 Å². The summed E-state index contributed by atoms with van der Waals surface area (Å²) in [7, 11) is 0. The fourth-order valence-corrected chi connectivity index (χ4v) is 2.82. The van der Waals surface area contributed by atoms with Crippen LogP contribution in [0.2, 0.25) is 0 Å². The summed E-state index contributed by atoms with van der Waals surface area (Å²) in [5.74, 6) is -0.469. The molecule has 0 aliphatic rings. The van der Waals surface area contributed by atoms with Crippen LogP contribution in [0.3, 0.4) is 0 Å². The van der Waals surface area contributed by atoms with Crippen LogP contribution >= 0.6 is 0 Å². The van der Waals surface area contributed by atoms with Crippen LogP contribution in [0.25, 0.3) is 5.57 Å². The number of hydrogen-bond donors (Lipinski definition) is 0. The summed E-state index contributed by atoms with van der Waals surface area (Å²) in [6, 6.07) is 29.3. The zero-order valence-corrected chi connectivity index (χ0v) is 16.1. The molecule has 0 aromatic heterocycles. The Morgan fingerprint density at radius 1 is 0.750 bits per heavy atom. The predicted molar refractivity (Wildman–Crippen MR) is 114 cm³/mol. The van der Waals surface area contributed by atoms with Gasteiger partial charge in [-0.15, -0.1) is 0 Å². The maximum atomic E-state index is 12.0. The number of carbonyl (C=O) groups excluding carboxylic acids is 1. The standard InChI is InChI=1S/C25H23NO2/c1-25(2,19-26-28-24(27)22-16-10-5-11-17-22)18-23(20-12-6-3-7-13-20)21-14-8-4-9-15-21/h3-19H,1-2H3/b26-19+. The van der Waals surface area contributed by atoms with Gasteiger partial charge in [0, 0.05) is 5.41 Å². The lowest BCUT2D eigenvalue weighted by Crippen LogP contribution is -2.12. The Balaban J connectivity index is 1.83. The molecule has 3 aromatic carbocycles. The van der Waals surface area contributed by atoms with E-state index in [0.717, 1.165) is 16.7 Å². The Kier molecular flexibility index (Phi) is 6.18. The Morgan fingerprint density at radius 2 is 1.18 bits per heavy atom. The highest BCUT2D eigenvalue weighted by Crippen LogP contribution is 2.28. The van der Waals surface area contributed by atoms with Crippen LogP contribution in [0.15, 0.2) is 102 Å². The van der Waals surface area contributed by atoms with E-state index in [2.05, 4.69) is 35.5 Å². The van der Waals surface area contributed by atoms with Crippen LogP contribution < -0.4 is 0 Å². The van der Waals surface area contributed by atoms with Crippen LogP contribution in [0.1, 0.15) is 35.3 Å². The second-order valence-electron chi connectivity index (χ2n) is 7.09. The number of benzene rings is 3. The Hall–Kier alpha value is -3.46. The summed E-state index contributed by atoms with van der Waals surface area (Å²) >= 11 is 0. The van der Waals surface area contributed by atoms with Crippen LogP contribution in [0.4, 0.5) is 0 Å². The third kappa shape index (κ3) is 5.27. The number of hydrogen-bond acceptors (Lipinski definition) is 3. The molecule has 0 amide bonds. The first-order valence-corrected chi connectivity index (χ1v) is 9.20. The molecule has 140 valence electrons. The van der Waals surface area contributed by atoms with Crippen molar-refractivity contribution in [3.8, 4) is 0 Å². The van der Waals surface area contributed by atoms with Crippen LogP contribution in [-0.4, -0.2) is 12.2 Å². The summed E-state index contributed by atoms with van der Waals surface area (Å²) in [4.78, 5) is 17.1. The van der Waals surface area contributed by atoms with Gasteiger partial charge >= 0.3 is 5.97 Å². The maximum Gasteiger partial charge on any atom is 0.365 e. The Labute approximate surface area is 166 Å². The molecule has 0 radical (unpaired) electrons. The highest BCUT2D eigenvalue weighted by atomic mass is 16.7. The molecule has 3 nitrogen and oxygen atoms in total. The molecule has 0 atom stereocenters. The zero-order chi connectivity index (χ0) is 19.8. The van der Waals surface area contributed by atoms with E-state index in [4.69, 9.17) is 4.84 Å². The van der Waals surface area contributed by atoms with Crippen molar-refractivity contribution in [3.63, 3.8) is 0 Å². The van der Waals surface area contributed by atoms with Gasteiger partial charge in [0.05, 0.1) is 11.8 Å². The minimum atomic E-state index is -0.469. The number of oxime groups is 1. The first kappa shape index (κ1) is 19.3. The molecule has 0 heterocycles. The van der Waals surface area contributed by atoms with E-state index in [1.165, 1.54) is 0 Å². The smallest absolute Gasteiger partial charge is 0.313 e. The molecule has 0 saturated heterocycles. The van der Waals surface area contributed by atoms with Crippen molar-refractivity contribution in [3.05, 3.63) is 114 Å². The fraction of sp³-hybridized carbons (Fsp3) is 0.120. The lowest BCUT2D eigenvalue weighted by atomic mass is 9.87. The van der Waals surface area contributed by atoms with Crippen molar-refractivity contribution < 1.29 is 9.63 Å². The van der Waals surface area contributed by atoms with Gasteiger partial charge in [0.25, 0.3) is 0 Å². The minimum Gasteiger partial charge on any atom is -0.313 e. The number of carbonyl (C=O) groups is 1. The van der Waals surface area contributed by atoms with E-state index in [9.17, 15) is 4.79 Å². The predicted octanol–water partition coefficient (Wildman–Crippen LogP) is 5.99. The quantitative estimate of drug-likeness (QED) is 0.304. The molecular formula is C25H23NO2. The average Bonchev–Trinajstić information content (AvgIpc) is 2.74. The first-order valence-electron chi connectivity index (χ1n) is 9.20. The van der Waals surface area contributed by atoms with E-state index in [-0.39, 0.29) is 0 Å². The number of allylic oxidation sites excluding steroid dienone is 1. The summed E-state index contributed by atoms with van der Waals surface area (Å²) in [6.07, 6.45) is 3.79. The van der Waals surface area contributed by atoms with E-state index >= 15 is 0 Å². The van der Waals surface area contributed by atoms with Crippen LogP contribution in [0.5, 0.6) is 0 Å². The summed E-state index contributed by atoms with van der Waals surface area (Å²) < 4.78 is 0. The van der Waals surface area contributed by atoms with Crippen LogP contribution in [-0.2, 0) is 4.84 Å². The molecule has 0 fully saturated rings. The van der Waals surface area contributed by atoms with E-state index in [1.54, 1.807) is 30.5 Å². The molecule has 0 bridgehead atoms. The fourth-order valence-electron chi connectivity index (χ4n) is 2.82. The summed E-state index contributed by atoms with van der Waals surface area (Å²) in [5, 5.41) is 3.94. The molecule has 3 heteroatoms. The van der Waals surface area contributed by atoms with E-state index in [0.29, 0.717) is 5.56 Å². The topological polar surface area (TPSA) is 38.7 Å². The second kappa shape index (κ2) is 8.96. The van der Waals surface area contributed by atoms with Crippen molar-refractivity contribution in [1.29, 1.82) is 0 Å². The summed E-state index contributed by atoms with van der Waals surface area (Å²) in [5.41, 5.74) is 3.40. The molecule has 3 rings (SSSR count). The summed E-state index contributed by atoms with van der Waals surface area (Å²) in [6.45, 7) is 4.05. The van der Waals surface area contributed by atoms with Crippen molar-refractivity contribution >= 4 is 17.8 Å². The SMILES string of the molecule is CC(C)(C=C(c1ccccc1)c1ccccc1)/C=N/OC(=O)c1ccccc1. The Bertz CT molecular complexity index is 918. The van der Waals surface area contributed by atoms with Gasteiger partial charge in [-0.05, 0) is 28.8 Å². The third-order valence-electron chi connectivity index (χ3n) is 4.22. The molecule has 28 heavy (non-hydrogen) atoms. The molecule has 0 unspecified atom stereocenters. The lowest BCUT2D eigenvalue weighted by molar-refractivity contribution is 0.0516. The molecule has 0 spiro atoms. The van der Waals surface area contributed by atoms with Crippen LogP contribution in [0, 0.1) is 5.41 Å². The average molecular weight is 369 g/mol. The monoisotopic (exact) mass is 369 g/mol.